The standard InChI is InChI=1S/C16H15N3S/c1-2-5-11(6-3-1)12-8-9-14-16(18-12)20-15(19-14)13-7-4-10-17-13/h1-3,5-6,8-9,13,17H,4,7,10H2. The van der Waals surface area contributed by atoms with Gasteiger partial charge in [0.25, 0.3) is 0 Å². The Morgan fingerprint density at radius 3 is 2.75 bits per heavy atom. The third-order valence-electron chi connectivity index (χ3n) is 3.70. The summed E-state index contributed by atoms with van der Waals surface area (Å²) in [6, 6.07) is 14.9. The fraction of sp³-hybridized carbons (Fsp3) is 0.250. The molecule has 1 aliphatic heterocycles. The van der Waals surface area contributed by atoms with Crippen molar-refractivity contribution in [1.82, 2.24) is 15.3 Å². The van der Waals surface area contributed by atoms with E-state index in [1.54, 1.807) is 11.3 Å². The van der Waals surface area contributed by atoms with Crippen LogP contribution in [0.3, 0.4) is 0 Å². The number of fused-ring (bicyclic) bond motifs is 1. The molecule has 1 aromatic carbocycles. The molecule has 1 N–H and O–H groups in total. The van der Waals surface area contributed by atoms with Crippen molar-refractivity contribution in [3.8, 4) is 11.3 Å². The third kappa shape index (κ3) is 2.11. The third-order valence-corrected chi connectivity index (χ3v) is 4.78. The lowest BCUT2D eigenvalue weighted by molar-refractivity contribution is 0.644. The first-order chi connectivity index (χ1) is 9.90. The minimum Gasteiger partial charge on any atom is -0.308 e. The first kappa shape index (κ1) is 12.0. The molecule has 0 amide bonds. The quantitative estimate of drug-likeness (QED) is 0.776. The Hall–Kier alpha value is -1.78. The molecule has 3 heterocycles. The van der Waals surface area contributed by atoms with Crippen LogP contribution in [0.1, 0.15) is 23.9 Å². The Kier molecular flexibility index (Phi) is 2.98. The van der Waals surface area contributed by atoms with Gasteiger partial charge in [-0.1, -0.05) is 41.7 Å². The van der Waals surface area contributed by atoms with Crippen molar-refractivity contribution >= 4 is 21.7 Å². The predicted octanol–water partition coefficient (Wildman–Crippen LogP) is 3.78. The number of benzene rings is 1. The van der Waals surface area contributed by atoms with Gasteiger partial charge in [0, 0.05) is 5.56 Å². The fourth-order valence-corrected chi connectivity index (χ4v) is 3.70. The summed E-state index contributed by atoms with van der Waals surface area (Å²) in [7, 11) is 0. The maximum absolute atomic E-state index is 4.77. The molecule has 4 heteroatoms. The van der Waals surface area contributed by atoms with Gasteiger partial charge in [-0.25, -0.2) is 9.97 Å². The molecule has 1 unspecified atom stereocenters. The Morgan fingerprint density at radius 1 is 1.05 bits per heavy atom. The van der Waals surface area contributed by atoms with Crippen LogP contribution in [0.2, 0.25) is 0 Å². The first-order valence-electron chi connectivity index (χ1n) is 6.96. The fourth-order valence-electron chi connectivity index (χ4n) is 2.65. The predicted molar refractivity (Wildman–Crippen MR) is 82.8 cm³/mol. The van der Waals surface area contributed by atoms with Crippen LogP contribution < -0.4 is 5.32 Å². The highest BCUT2D eigenvalue weighted by Gasteiger charge is 2.20. The molecule has 20 heavy (non-hydrogen) atoms. The van der Waals surface area contributed by atoms with E-state index in [2.05, 4.69) is 29.6 Å². The minimum absolute atomic E-state index is 0.425. The zero-order chi connectivity index (χ0) is 13.4. The van der Waals surface area contributed by atoms with Crippen LogP contribution in [-0.4, -0.2) is 16.5 Å². The van der Waals surface area contributed by atoms with Crippen LogP contribution in [-0.2, 0) is 0 Å². The second-order valence-corrected chi connectivity index (χ2v) is 6.10. The van der Waals surface area contributed by atoms with Crippen LogP contribution in [0.25, 0.3) is 21.6 Å². The molecule has 0 aliphatic carbocycles. The molecule has 1 atom stereocenters. The van der Waals surface area contributed by atoms with Crippen LogP contribution >= 0.6 is 11.3 Å². The Bertz CT molecular complexity index is 730. The van der Waals surface area contributed by atoms with Crippen molar-refractivity contribution in [3.05, 3.63) is 47.5 Å². The molecule has 0 radical (unpaired) electrons. The Labute approximate surface area is 121 Å². The van der Waals surface area contributed by atoms with Gasteiger partial charge in [0.15, 0.2) is 0 Å². The maximum atomic E-state index is 4.77. The van der Waals surface area contributed by atoms with Crippen molar-refractivity contribution in [2.75, 3.05) is 6.54 Å². The van der Waals surface area contributed by atoms with E-state index in [-0.39, 0.29) is 0 Å². The number of hydrogen-bond acceptors (Lipinski definition) is 4. The summed E-state index contributed by atoms with van der Waals surface area (Å²) in [6.07, 6.45) is 2.43. The van der Waals surface area contributed by atoms with Gasteiger partial charge in [-0.15, -0.1) is 0 Å². The Morgan fingerprint density at radius 2 is 1.95 bits per heavy atom. The highest BCUT2D eigenvalue weighted by Crippen LogP contribution is 2.31. The van der Waals surface area contributed by atoms with Crippen LogP contribution in [0, 0.1) is 0 Å². The van der Waals surface area contributed by atoms with Crippen LogP contribution in [0.15, 0.2) is 42.5 Å². The molecule has 0 spiro atoms. The summed E-state index contributed by atoms with van der Waals surface area (Å²) in [5.41, 5.74) is 3.19. The number of hydrogen-bond donors (Lipinski definition) is 1. The number of thiazole rings is 1. The molecule has 0 saturated carbocycles. The van der Waals surface area contributed by atoms with Gasteiger partial charge in [-0.3, -0.25) is 0 Å². The van der Waals surface area contributed by atoms with Crippen molar-refractivity contribution in [2.24, 2.45) is 0 Å². The lowest BCUT2D eigenvalue weighted by Gasteiger charge is -2.03. The number of pyridine rings is 1. The molecule has 1 saturated heterocycles. The summed E-state index contributed by atoms with van der Waals surface area (Å²) in [5.74, 6) is 0. The molecule has 1 aliphatic rings. The second kappa shape index (κ2) is 4.96. The van der Waals surface area contributed by atoms with Gasteiger partial charge in [0.1, 0.15) is 15.4 Å². The Balaban J connectivity index is 1.76. The lowest BCUT2D eigenvalue weighted by Crippen LogP contribution is -2.12. The monoisotopic (exact) mass is 281 g/mol. The lowest BCUT2D eigenvalue weighted by atomic mass is 10.1. The summed E-state index contributed by atoms with van der Waals surface area (Å²) in [6.45, 7) is 1.10. The molecule has 3 nitrogen and oxygen atoms in total. The van der Waals surface area contributed by atoms with E-state index in [1.165, 1.54) is 17.8 Å². The second-order valence-electron chi connectivity index (χ2n) is 5.09. The van der Waals surface area contributed by atoms with E-state index in [4.69, 9.17) is 9.97 Å². The highest BCUT2D eigenvalue weighted by atomic mass is 32.1. The van der Waals surface area contributed by atoms with E-state index >= 15 is 0 Å². The van der Waals surface area contributed by atoms with Gasteiger partial charge < -0.3 is 5.32 Å². The maximum Gasteiger partial charge on any atom is 0.144 e. The molecule has 3 aromatic rings. The van der Waals surface area contributed by atoms with Crippen molar-refractivity contribution in [1.29, 1.82) is 0 Å². The molecule has 100 valence electrons. The highest BCUT2D eigenvalue weighted by molar-refractivity contribution is 7.18. The average molecular weight is 281 g/mol. The van der Waals surface area contributed by atoms with Gasteiger partial charge in [-0.05, 0) is 31.5 Å². The number of aromatic nitrogens is 2. The van der Waals surface area contributed by atoms with Crippen molar-refractivity contribution in [3.63, 3.8) is 0 Å². The minimum atomic E-state index is 0.425. The zero-order valence-electron chi connectivity index (χ0n) is 11.0. The molecular formula is C16H15N3S. The van der Waals surface area contributed by atoms with E-state index in [0.29, 0.717) is 6.04 Å². The normalized spacial score (nSPS) is 18.7. The SMILES string of the molecule is c1ccc(-c2ccc3nc(C4CCCN4)sc3n2)cc1. The smallest absolute Gasteiger partial charge is 0.144 e. The van der Waals surface area contributed by atoms with Crippen molar-refractivity contribution < 1.29 is 0 Å². The summed E-state index contributed by atoms with van der Waals surface area (Å²) in [4.78, 5) is 10.5. The van der Waals surface area contributed by atoms with Gasteiger partial charge in [0.2, 0.25) is 0 Å². The van der Waals surface area contributed by atoms with Gasteiger partial charge in [0.05, 0.1) is 11.7 Å². The van der Waals surface area contributed by atoms with Crippen molar-refractivity contribution in [2.45, 2.75) is 18.9 Å². The molecule has 1 fully saturated rings. The summed E-state index contributed by atoms with van der Waals surface area (Å²) < 4.78 is 0. The topological polar surface area (TPSA) is 37.8 Å². The summed E-state index contributed by atoms with van der Waals surface area (Å²) >= 11 is 1.72. The van der Waals surface area contributed by atoms with Crippen LogP contribution in [0.5, 0.6) is 0 Å². The van der Waals surface area contributed by atoms with E-state index in [9.17, 15) is 0 Å². The number of nitrogens with zero attached hydrogens (tertiary/aromatic N) is 2. The van der Waals surface area contributed by atoms with E-state index < -0.39 is 0 Å². The van der Waals surface area contributed by atoms with Crippen LogP contribution in [0.4, 0.5) is 0 Å². The van der Waals surface area contributed by atoms with Gasteiger partial charge in [-0.2, -0.15) is 0 Å². The largest absolute Gasteiger partial charge is 0.308 e. The van der Waals surface area contributed by atoms with E-state index in [1.807, 2.05) is 18.2 Å². The number of nitrogens with one attached hydrogen (secondary N) is 1. The molecule has 2 aromatic heterocycles. The first-order valence-corrected chi connectivity index (χ1v) is 7.78. The molecule has 0 bridgehead atoms. The molecular weight excluding hydrogens is 266 g/mol. The number of rotatable bonds is 2. The van der Waals surface area contributed by atoms with Gasteiger partial charge >= 0.3 is 0 Å². The molecule has 4 rings (SSSR count). The zero-order valence-corrected chi connectivity index (χ0v) is 11.9. The summed E-state index contributed by atoms with van der Waals surface area (Å²) in [5, 5.41) is 4.68. The average Bonchev–Trinajstić information content (AvgIpc) is 3.16. The van der Waals surface area contributed by atoms with E-state index in [0.717, 1.165) is 28.1 Å².